The molecular weight excluding hydrogens is 307 g/mol. The highest BCUT2D eigenvalue weighted by Gasteiger charge is 2.32. The van der Waals surface area contributed by atoms with Gasteiger partial charge in [0, 0.05) is 26.2 Å². The molecule has 0 bridgehead atoms. The van der Waals surface area contributed by atoms with Gasteiger partial charge in [0.1, 0.15) is 5.82 Å². The summed E-state index contributed by atoms with van der Waals surface area (Å²) in [5.74, 6) is -1.37. The number of piperazine rings is 1. The van der Waals surface area contributed by atoms with Gasteiger partial charge in [0.25, 0.3) is 0 Å². The number of carbonyl (C=O) groups is 2. The maximum absolute atomic E-state index is 13.2. The Balaban J connectivity index is 1.65. The third-order valence-electron chi connectivity index (χ3n) is 4.15. The number of benzene rings is 2. The van der Waals surface area contributed by atoms with Crippen molar-refractivity contribution in [2.24, 2.45) is 0 Å². The van der Waals surface area contributed by atoms with E-state index in [4.69, 9.17) is 0 Å². The molecule has 0 atom stereocenters. The minimum atomic E-state index is -0.530. The van der Waals surface area contributed by atoms with Gasteiger partial charge in [0.15, 0.2) is 0 Å². The molecule has 0 N–H and O–H groups in total. The Labute approximate surface area is 140 Å². The summed E-state index contributed by atoms with van der Waals surface area (Å²) in [5.41, 5.74) is 2.84. The predicted molar refractivity (Wildman–Crippen MR) is 88.4 cm³/mol. The standard InChI is InChI=1S/C19H19FN2O2/c1-14-5-7-15(8-6-14)12-21-9-10-22(19(24)18(21)23)13-16-3-2-4-17(20)11-16/h2-8,11H,9-10,12-13H2,1H3. The van der Waals surface area contributed by atoms with Gasteiger partial charge >= 0.3 is 11.8 Å². The minimum absolute atomic E-state index is 0.251. The van der Waals surface area contributed by atoms with Crippen molar-refractivity contribution < 1.29 is 14.0 Å². The number of hydrogen-bond donors (Lipinski definition) is 0. The van der Waals surface area contributed by atoms with E-state index in [1.165, 1.54) is 17.0 Å². The van der Waals surface area contributed by atoms with Crippen LogP contribution in [0.1, 0.15) is 16.7 Å². The van der Waals surface area contributed by atoms with Crippen LogP contribution in [0, 0.1) is 12.7 Å². The second kappa shape index (κ2) is 6.83. The third kappa shape index (κ3) is 3.62. The maximum Gasteiger partial charge on any atom is 0.312 e. The van der Waals surface area contributed by atoms with Crippen LogP contribution in [0.3, 0.4) is 0 Å². The molecule has 3 rings (SSSR count). The van der Waals surface area contributed by atoms with Crippen LogP contribution in [0.5, 0.6) is 0 Å². The molecule has 0 saturated carbocycles. The van der Waals surface area contributed by atoms with Gasteiger partial charge in [-0.3, -0.25) is 9.59 Å². The van der Waals surface area contributed by atoms with Crippen LogP contribution in [-0.4, -0.2) is 34.7 Å². The van der Waals surface area contributed by atoms with Gasteiger partial charge in [0.05, 0.1) is 0 Å². The SMILES string of the molecule is Cc1ccc(CN2CCN(Cc3cccc(F)c3)C(=O)C2=O)cc1. The van der Waals surface area contributed by atoms with Gasteiger partial charge in [-0.15, -0.1) is 0 Å². The van der Waals surface area contributed by atoms with Crippen LogP contribution < -0.4 is 0 Å². The normalized spacial score (nSPS) is 15.1. The van der Waals surface area contributed by atoms with E-state index >= 15 is 0 Å². The van der Waals surface area contributed by atoms with Crippen molar-refractivity contribution in [3.63, 3.8) is 0 Å². The number of amides is 2. The van der Waals surface area contributed by atoms with Crippen molar-refractivity contribution in [2.45, 2.75) is 20.0 Å². The first-order valence-electron chi connectivity index (χ1n) is 7.91. The molecule has 1 fully saturated rings. The largest absolute Gasteiger partial charge is 0.328 e. The topological polar surface area (TPSA) is 40.6 Å². The van der Waals surface area contributed by atoms with Crippen LogP contribution in [-0.2, 0) is 22.7 Å². The Kier molecular flexibility index (Phi) is 4.60. The lowest BCUT2D eigenvalue weighted by Crippen LogP contribution is -2.53. The van der Waals surface area contributed by atoms with Crippen LogP contribution >= 0.6 is 0 Å². The fourth-order valence-corrected chi connectivity index (χ4v) is 2.79. The summed E-state index contributed by atoms with van der Waals surface area (Å²) >= 11 is 0. The predicted octanol–water partition coefficient (Wildman–Crippen LogP) is 2.51. The highest BCUT2D eigenvalue weighted by Crippen LogP contribution is 2.14. The first kappa shape index (κ1) is 16.2. The Morgan fingerprint density at radius 2 is 1.46 bits per heavy atom. The summed E-state index contributed by atoms with van der Waals surface area (Å²) in [7, 11) is 0. The van der Waals surface area contributed by atoms with E-state index in [2.05, 4.69) is 0 Å². The van der Waals surface area contributed by atoms with Gasteiger partial charge in [-0.1, -0.05) is 42.0 Å². The summed E-state index contributed by atoms with van der Waals surface area (Å²) < 4.78 is 13.2. The zero-order valence-corrected chi connectivity index (χ0v) is 13.5. The number of rotatable bonds is 4. The van der Waals surface area contributed by atoms with Crippen molar-refractivity contribution in [3.8, 4) is 0 Å². The molecule has 0 spiro atoms. The Morgan fingerprint density at radius 3 is 2.04 bits per heavy atom. The molecule has 1 aliphatic heterocycles. The molecule has 0 radical (unpaired) electrons. The monoisotopic (exact) mass is 326 g/mol. The smallest absolute Gasteiger partial charge is 0.312 e. The quantitative estimate of drug-likeness (QED) is 0.810. The van der Waals surface area contributed by atoms with E-state index in [9.17, 15) is 14.0 Å². The number of aryl methyl sites for hydroxylation is 1. The van der Waals surface area contributed by atoms with E-state index in [1.54, 1.807) is 17.0 Å². The third-order valence-corrected chi connectivity index (χ3v) is 4.15. The highest BCUT2D eigenvalue weighted by molar-refractivity contribution is 6.35. The molecule has 24 heavy (non-hydrogen) atoms. The number of nitrogens with zero attached hydrogens (tertiary/aromatic N) is 2. The Hall–Kier alpha value is -2.69. The molecule has 0 aliphatic carbocycles. The molecule has 124 valence electrons. The molecular formula is C19H19FN2O2. The lowest BCUT2D eigenvalue weighted by atomic mass is 10.1. The number of carbonyl (C=O) groups excluding carboxylic acids is 2. The fourth-order valence-electron chi connectivity index (χ4n) is 2.79. The zero-order valence-electron chi connectivity index (χ0n) is 13.5. The second-order valence-electron chi connectivity index (χ2n) is 6.07. The van der Waals surface area contributed by atoms with Gasteiger partial charge in [-0.25, -0.2) is 4.39 Å². The molecule has 2 aromatic rings. The van der Waals surface area contributed by atoms with Gasteiger partial charge in [-0.2, -0.15) is 0 Å². The minimum Gasteiger partial charge on any atom is -0.328 e. The summed E-state index contributed by atoms with van der Waals surface area (Å²) in [6.45, 7) is 3.61. The summed E-state index contributed by atoms with van der Waals surface area (Å²) in [6.07, 6.45) is 0. The number of hydrogen-bond acceptors (Lipinski definition) is 2. The molecule has 5 heteroatoms. The molecule has 0 aromatic heterocycles. The van der Waals surface area contributed by atoms with E-state index in [0.717, 1.165) is 11.1 Å². The molecule has 2 amide bonds. The lowest BCUT2D eigenvalue weighted by molar-refractivity contribution is -0.156. The zero-order chi connectivity index (χ0) is 17.1. The molecule has 1 saturated heterocycles. The van der Waals surface area contributed by atoms with Crippen molar-refractivity contribution in [1.29, 1.82) is 0 Å². The summed E-state index contributed by atoms with van der Waals surface area (Å²) in [5, 5.41) is 0. The Bertz CT molecular complexity index is 758. The van der Waals surface area contributed by atoms with E-state index in [-0.39, 0.29) is 12.4 Å². The highest BCUT2D eigenvalue weighted by atomic mass is 19.1. The molecule has 4 nitrogen and oxygen atoms in total. The first-order chi connectivity index (χ1) is 11.5. The first-order valence-corrected chi connectivity index (χ1v) is 7.91. The van der Waals surface area contributed by atoms with Crippen molar-refractivity contribution in [2.75, 3.05) is 13.1 Å². The molecule has 0 unspecified atom stereocenters. The van der Waals surface area contributed by atoms with Crippen molar-refractivity contribution in [3.05, 3.63) is 71.0 Å². The lowest BCUT2D eigenvalue weighted by Gasteiger charge is -2.33. The molecule has 2 aromatic carbocycles. The summed E-state index contributed by atoms with van der Waals surface area (Å²) in [4.78, 5) is 27.7. The summed E-state index contributed by atoms with van der Waals surface area (Å²) in [6, 6.07) is 14.0. The number of halogens is 1. The van der Waals surface area contributed by atoms with E-state index in [0.29, 0.717) is 25.2 Å². The van der Waals surface area contributed by atoms with Gasteiger partial charge in [0.2, 0.25) is 0 Å². The van der Waals surface area contributed by atoms with Crippen molar-refractivity contribution >= 4 is 11.8 Å². The molecule has 1 heterocycles. The van der Waals surface area contributed by atoms with Gasteiger partial charge < -0.3 is 9.80 Å². The van der Waals surface area contributed by atoms with Crippen LogP contribution in [0.15, 0.2) is 48.5 Å². The van der Waals surface area contributed by atoms with Crippen molar-refractivity contribution in [1.82, 2.24) is 9.80 Å². The second-order valence-corrected chi connectivity index (χ2v) is 6.07. The average molecular weight is 326 g/mol. The molecule has 1 aliphatic rings. The van der Waals surface area contributed by atoms with E-state index < -0.39 is 11.8 Å². The van der Waals surface area contributed by atoms with E-state index in [1.807, 2.05) is 31.2 Å². The van der Waals surface area contributed by atoms with Gasteiger partial charge in [-0.05, 0) is 30.2 Å². The van der Waals surface area contributed by atoms with Crippen LogP contribution in [0.2, 0.25) is 0 Å². The maximum atomic E-state index is 13.2. The fraction of sp³-hybridized carbons (Fsp3) is 0.263. The van der Waals surface area contributed by atoms with Crippen LogP contribution in [0.4, 0.5) is 4.39 Å². The average Bonchev–Trinajstić information content (AvgIpc) is 2.56. The Morgan fingerprint density at radius 1 is 0.875 bits per heavy atom. The van der Waals surface area contributed by atoms with Crippen LogP contribution in [0.25, 0.3) is 0 Å².